The smallest absolute Gasteiger partial charge is 0.0540 e. The first kappa shape index (κ1) is 24.2. The van der Waals surface area contributed by atoms with Crippen molar-refractivity contribution in [1.29, 1.82) is 0 Å². The maximum Gasteiger partial charge on any atom is 0.0540 e. The third-order valence-electron chi connectivity index (χ3n) is 8.18. The minimum Gasteiger partial charge on any atom is -0.354 e. The Morgan fingerprint density at radius 3 is 1.86 bits per heavy atom. The van der Waals surface area contributed by atoms with Crippen LogP contribution >= 0.6 is 0 Å². The van der Waals surface area contributed by atoms with Gasteiger partial charge < -0.3 is 9.88 Å². The van der Waals surface area contributed by atoms with Crippen LogP contribution in [0.5, 0.6) is 0 Å². The van der Waals surface area contributed by atoms with Crippen molar-refractivity contribution in [2.45, 2.75) is 0 Å². The molecule has 0 radical (unpaired) electrons. The van der Waals surface area contributed by atoms with Crippen molar-refractivity contribution < 1.29 is 0 Å². The summed E-state index contributed by atoms with van der Waals surface area (Å²) in [7, 11) is 0. The standard InChI is InChI=1S/C40H28N2/c1-2-10-28(11-3-1)29-20-23-33(24-21-29)42(40-19-9-13-30-12-4-5-16-35(30)40)34-15-8-14-31(26-34)32-22-25-37-36-17-6-7-18-38(36)41-39(37)27-32/h1-27,41H. The molecule has 0 saturated carbocycles. The molecule has 7 aromatic carbocycles. The molecular formula is C40H28N2. The van der Waals surface area contributed by atoms with Crippen LogP contribution in [-0.4, -0.2) is 4.98 Å². The minimum absolute atomic E-state index is 1.12. The summed E-state index contributed by atoms with van der Waals surface area (Å²) in [6, 6.07) is 58.7. The molecule has 0 bridgehead atoms. The quantitative estimate of drug-likeness (QED) is 0.232. The van der Waals surface area contributed by atoms with Crippen LogP contribution in [0.3, 0.4) is 0 Å². The number of benzene rings is 7. The van der Waals surface area contributed by atoms with Crippen LogP contribution in [0, 0.1) is 0 Å². The van der Waals surface area contributed by atoms with Crippen molar-refractivity contribution in [2.75, 3.05) is 4.90 Å². The third kappa shape index (κ3) is 4.22. The summed E-state index contributed by atoms with van der Waals surface area (Å²) in [5.41, 5.74) is 10.5. The van der Waals surface area contributed by atoms with E-state index in [1.807, 2.05) is 0 Å². The molecule has 1 heterocycles. The fourth-order valence-electron chi connectivity index (χ4n) is 6.12. The molecule has 1 aromatic heterocycles. The zero-order valence-electron chi connectivity index (χ0n) is 23.0. The van der Waals surface area contributed by atoms with Gasteiger partial charge in [0.1, 0.15) is 0 Å². The van der Waals surface area contributed by atoms with E-state index in [0.717, 1.165) is 22.6 Å². The summed E-state index contributed by atoms with van der Waals surface area (Å²) < 4.78 is 0. The second-order valence-corrected chi connectivity index (χ2v) is 10.7. The summed E-state index contributed by atoms with van der Waals surface area (Å²) in [6.07, 6.45) is 0. The molecule has 0 aliphatic rings. The van der Waals surface area contributed by atoms with Gasteiger partial charge in [0.25, 0.3) is 0 Å². The molecule has 1 N–H and O–H groups in total. The van der Waals surface area contributed by atoms with Crippen molar-refractivity contribution in [3.05, 3.63) is 164 Å². The molecule has 0 aliphatic heterocycles. The average molecular weight is 537 g/mol. The van der Waals surface area contributed by atoms with Gasteiger partial charge in [0.15, 0.2) is 0 Å². The van der Waals surface area contributed by atoms with E-state index < -0.39 is 0 Å². The maximum atomic E-state index is 3.61. The molecule has 0 atom stereocenters. The first-order valence-electron chi connectivity index (χ1n) is 14.4. The Kier molecular flexibility index (Phi) is 5.82. The Bertz CT molecular complexity index is 2190. The number of hydrogen-bond donors (Lipinski definition) is 1. The number of nitrogens with zero attached hydrogens (tertiary/aromatic N) is 1. The average Bonchev–Trinajstić information content (AvgIpc) is 3.44. The van der Waals surface area contributed by atoms with Crippen molar-refractivity contribution in [1.82, 2.24) is 4.98 Å². The SMILES string of the molecule is c1ccc(-c2ccc(N(c3cccc(-c4ccc5c(c4)[nH]c4ccccc45)c3)c3cccc4ccccc34)cc2)cc1. The van der Waals surface area contributed by atoms with Crippen LogP contribution in [-0.2, 0) is 0 Å². The van der Waals surface area contributed by atoms with E-state index in [-0.39, 0.29) is 0 Å². The minimum atomic E-state index is 1.12. The summed E-state index contributed by atoms with van der Waals surface area (Å²) in [4.78, 5) is 5.98. The predicted molar refractivity (Wildman–Crippen MR) is 179 cm³/mol. The molecule has 0 aliphatic carbocycles. The lowest BCUT2D eigenvalue weighted by Crippen LogP contribution is -2.10. The lowest BCUT2D eigenvalue weighted by molar-refractivity contribution is 1.30. The molecule has 8 rings (SSSR count). The fraction of sp³-hybridized carbons (Fsp3) is 0. The van der Waals surface area contributed by atoms with E-state index in [4.69, 9.17) is 0 Å². The highest BCUT2D eigenvalue weighted by Crippen LogP contribution is 2.41. The zero-order valence-corrected chi connectivity index (χ0v) is 23.0. The molecule has 0 spiro atoms. The zero-order chi connectivity index (χ0) is 27.9. The number of nitrogens with one attached hydrogen (secondary N) is 1. The number of hydrogen-bond acceptors (Lipinski definition) is 1. The van der Waals surface area contributed by atoms with Crippen LogP contribution in [0.2, 0.25) is 0 Å². The normalized spacial score (nSPS) is 11.3. The van der Waals surface area contributed by atoms with Crippen LogP contribution in [0.1, 0.15) is 0 Å². The Hall–Kier alpha value is -5.60. The van der Waals surface area contributed by atoms with Gasteiger partial charge in [-0.15, -0.1) is 0 Å². The van der Waals surface area contributed by atoms with Crippen LogP contribution in [0.15, 0.2) is 164 Å². The van der Waals surface area contributed by atoms with Gasteiger partial charge in [-0.25, -0.2) is 0 Å². The first-order chi connectivity index (χ1) is 20.8. The molecule has 2 heteroatoms. The van der Waals surface area contributed by atoms with Gasteiger partial charge in [-0.05, 0) is 70.1 Å². The van der Waals surface area contributed by atoms with Crippen molar-refractivity contribution in [3.63, 3.8) is 0 Å². The molecule has 2 nitrogen and oxygen atoms in total. The number of H-pyrrole nitrogens is 1. The highest BCUT2D eigenvalue weighted by Gasteiger charge is 2.16. The van der Waals surface area contributed by atoms with E-state index in [2.05, 4.69) is 174 Å². The molecule has 8 aromatic rings. The van der Waals surface area contributed by atoms with E-state index in [0.29, 0.717) is 0 Å². The lowest BCUT2D eigenvalue weighted by Gasteiger charge is -2.27. The van der Waals surface area contributed by atoms with Gasteiger partial charge >= 0.3 is 0 Å². The van der Waals surface area contributed by atoms with Gasteiger partial charge in [0.2, 0.25) is 0 Å². The van der Waals surface area contributed by atoms with E-state index >= 15 is 0 Å². The summed E-state index contributed by atoms with van der Waals surface area (Å²) in [5, 5.41) is 4.95. The van der Waals surface area contributed by atoms with Crippen LogP contribution in [0.4, 0.5) is 17.1 Å². The van der Waals surface area contributed by atoms with Gasteiger partial charge in [-0.1, -0.05) is 121 Å². The Labute approximate surface area is 245 Å². The Morgan fingerprint density at radius 1 is 0.357 bits per heavy atom. The highest BCUT2D eigenvalue weighted by molar-refractivity contribution is 6.08. The largest absolute Gasteiger partial charge is 0.354 e. The van der Waals surface area contributed by atoms with Crippen molar-refractivity contribution in [2.24, 2.45) is 0 Å². The van der Waals surface area contributed by atoms with Crippen LogP contribution < -0.4 is 4.90 Å². The van der Waals surface area contributed by atoms with Gasteiger partial charge in [-0.2, -0.15) is 0 Å². The summed E-state index contributed by atoms with van der Waals surface area (Å²) in [5.74, 6) is 0. The molecule has 0 amide bonds. The lowest BCUT2D eigenvalue weighted by atomic mass is 10.0. The molecule has 198 valence electrons. The fourth-order valence-corrected chi connectivity index (χ4v) is 6.12. The monoisotopic (exact) mass is 536 g/mol. The maximum absolute atomic E-state index is 3.61. The third-order valence-corrected chi connectivity index (χ3v) is 8.18. The molecule has 42 heavy (non-hydrogen) atoms. The molecular weight excluding hydrogens is 508 g/mol. The van der Waals surface area contributed by atoms with Crippen LogP contribution in [0.25, 0.3) is 54.8 Å². The number of para-hydroxylation sites is 1. The number of fused-ring (bicyclic) bond motifs is 4. The molecule has 0 fully saturated rings. The second-order valence-electron chi connectivity index (χ2n) is 10.7. The van der Waals surface area contributed by atoms with Gasteiger partial charge in [-0.3, -0.25) is 0 Å². The highest BCUT2D eigenvalue weighted by atomic mass is 15.1. The van der Waals surface area contributed by atoms with Crippen molar-refractivity contribution in [3.8, 4) is 22.3 Å². The molecule has 0 saturated heterocycles. The van der Waals surface area contributed by atoms with Gasteiger partial charge in [0, 0.05) is 38.6 Å². The van der Waals surface area contributed by atoms with E-state index in [1.54, 1.807) is 0 Å². The molecule has 0 unspecified atom stereocenters. The van der Waals surface area contributed by atoms with E-state index in [1.165, 1.54) is 49.3 Å². The number of aromatic nitrogens is 1. The Morgan fingerprint density at radius 2 is 0.976 bits per heavy atom. The number of aromatic amines is 1. The Balaban J connectivity index is 1.27. The number of anilines is 3. The summed E-state index contributed by atoms with van der Waals surface area (Å²) in [6.45, 7) is 0. The van der Waals surface area contributed by atoms with Gasteiger partial charge in [0.05, 0.1) is 5.69 Å². The topological polar surface area (TPSA) is 19.0 Å². The van der Waals surface area contributed by atoms with Crippen molar-refractivity contribution >= 4 is 49.6 Å². The first-order valence-corrected chi connectivity index (χ1v) is 14.4. The summed E-state index contributed by atoms with van der Waals surface area (Å²) >= 11 is 0. The number of rotatable bonds is 5. The second kappa shape index (κ2) is 10.1. The van der Waals surface area contributed by atoms with E-state index in [9.17, 15) is 0 Å². The predicted octanol–water partition coefficient (Wildman–Crippen LogP) is 11.3.